The van der Waals surface area contributed by atoms with E-state index in [4.69, 9.17) is 4.74 Å². The van der Waals surface area contributed by atoms with Gasteiger partial charge in [0.15, 0.2) is 0 Å². The number of hydrogen-bond donors (Lipinski definition) is 1. The summed E-state index contributed by atoms with van der Waals surface area (Å²) < 4.78 is 5.31. The summed E-state index contributed by atoms with van der Waals surface area (Å²) in [5, 5.41) is 2.59. The number of benzene rings is 1. The van der Waals surface area contributed by atoms with Gasteiger partial charge < -0.3 is 15.0 Å². The van der Waals surface area contributed by atoms with Crippen molar-refractivity contribution in [3.05, 3.63) is 29.3 Å². The minimum atomic E-state index is -0.0768. The highest BCUT2D eigenvalue weighted by Gasteiger charge is 2.21. The quantitative estimate of drug-likeness (QED) is 0.878. The summed E-state index contributed by atoms with van der Waals surface area (Å²) in [5.74, 6) is 0.628. The normalized spacial score (nSPS) is 16.0. The number of nitrogens with zero attached hydrogens (tertiary/aromatic N) is 1. The molecule has 1 aliphatic heterocycles. The molecule has 1 aliphatic rings. The maximum absolute atomic E-state index is 11.9. The van der Waals surface area contributed by atoms with E-state index < -0.39 is 0 Å². The van der Waals surface area contributed by atoms with Crippen LogP contribution in [0.5, 0.6) is 5.75 Å². The zero-order valence-electron chi connectivity index (χ0n) is 11.2. The topological polar surface area (TPSA) is 58.6 Å². The van der Waals surface area contributed by atoms with Gasteiger partial charge in [-0.05, 0) is 13.0 Å². The fourth-order valence-electron chi connectivity index (χ4n) is 2.14. The standard InChI is InChI=1S/C14H18N2O3/c1-10-3-4-12(19-2)11(7-10)9-16-6-5-13(17)15-8-14(16)18/h3-4,7H,5-6,8-9H2,1-2H3,(H,15,17). The Labute approximate surface area is 112 Å². The van der Waals surface area contributed by atoms with Crippen molar-refractivity contribution in [2.75, 3.05) is 20.2 Å². The molecule has 0 spiro atoms. The maximum Gasteiger partial charge on any atom is 0.242 e. The maximum atomic E-state index is 11.9. The van der Waals surface area contributed by atoms with E-state index in [1.807, 2.05) is 25.1 Å². The largest absolute Gasteiger partial charge is 0.496 e. The van der Waals surface area contributed by atoms with Crippen molar-refractivity contribution in [2.45, 2.75) is 19.9 Å². The fourth-order valence-corrected chi connectivity index (χ4v) is 2.14. The van der Waals surface area contributed by atoms with E-state index in [0.29, 0.717) is 19.5 Å². The predicted octanol–water partition coefficient (Wildman–Crippen LogP) is 0.852. The van der Waals surface area contributed by atoms with Crippen LogP contribution in [0, 0.1) is 6.92 Å². The number of rotatable bonds is 3. The Hall–Kier alpha value is -2.04. The number of aryl methyl sites for hydroxylation is 1. The molecule has 1 fully saturated rings. The molecule has 1 heterocycles. The highest BCUT2D eigenvalue weighted by atomic mass is 16.5. The molecule has 0 aromatic heterocycles. The van der Waals surface area contributed by atoms with E-state index in [2.05, 4.69) is 5.32 Å². The molecule has 0 radical (unpaired) electrons. The minimum Gasteiger partial charge on any atom is -0.496 e. The Morgan fingerprint density at radius 1 is 1.37 bits per heavy atom. The highest BCUT2D eigenvalue weighted by molar-refractivity contribution is 5.87. The SMILES string of the molecule is COc1ccc(C)cc1CN1CCC(=O)NCC1=O. The molecule has 0 unspecified atom stereocenters. The van der Waals surface area contributed by atoms with Gasteiger partial charge >= 0.3 is 0 Å². The lowest BCUT2D eigenvalue weighted by atomic mass is 10.1. The van der Waals surface area contributed by atoms with Crippen LogP contribution >= 0.6 is 0 Å². The number of carbonyl (C=O) groups excluding carboxylic acids is 2. The van der Waals surface area contributed by atoms with Crippen LogP contribution in [0.25, 0.3) is 0 Å². The molecule has 1 N–H and O–H groups in total. The zero-order chi connectivity index (χ0) is 13.8. The summed E-state index contributed by atoms with van der Waals surface area (Å²) >= 11 is 0. The predicted molar refractivity (Wildman–Crippen MR) is 70.8 cm³/mol. The lowest BCUT2D eigenvalue weighted by Gasteiger charge is -2.21. The van der Waals surface area contributed by atoms with Crippen LogP contribution in [0.1, 0.15) is 17.5 Å². The van der Waals surface area contributed by atoms with Crippen molar-refractivity contribution in [1.29, 1.82) is 0 Å². The van der Waals surface area contributed by atoms with Crippen LogP contribution in [0.15, 0.2) is 18.2 Å². The average molecular weight is 262 g/mol. The van der Waals surface area contributed by atoms with Gasteiger partial charge in [-0.3, -0.25) is 9.59 Å². The number of carbonyl (C=O) groups is 2. The molecule has 5 nitrogen and oxygen atoms in total. The second kappa shape index (κ2) is 5.73. The second-order valence-electron chi connectivity index (χ2n) is 4.66. The fraction of sp³-hybridized carbons (Fsp3) is 0.429. The Morgan fingerprint density at radius 2 is 2.16 bits per heavy atom. The number of amides is 2. The van der Waals surface area contributed by atoms with Gasteiger partial charge in [-0.15, -0.1) is 0 Å². The summed E-state index contributed by atoms with van der Waals surface area (Å²) in [4.78, 5) is 24.9. The molecule has 0 bridgehead atoms. The van der Waals surface area contributed by atoms with E-state index in [0.717, 1.165) is 16.9 Å². The van der Waals surface area contributed by atoms with Crippen LogP contribution in [-0.4, -0.2) is 36.9 Å². The van der Waals surface area contributed by atoms with Crippen LogP contribution in [-0.2, 0) is 16.1 Å². The molecule has 0 saturated carbocycles. The van der Waals surface area contributed by atoms with Gasteiger partial charge in [0.2, 0.25) is 11.8 Å². The van der Waals surface area contributed by atoms with Crippen molar-refractivity contribution in [3.8, 4) is 5.75 Å². The lowest BCUT2D eigenvalue weighted by molar-refractivity contribution is -0.130. The first-order chi connectivity index (χ1) is 9.10. The van der Waals surface area contributed by atoms with Crippen molar-refractivity contribution < 1.29 is 14.3 Å². The van der Waals surface area contributed by atoms with Gasteiger partial charge in [-0.25, -0.2) is 0 Å². The molecular weight excluding hydrogens is 244 g/mol. The monoisotopic (exact) mass is 262 g/mol. The Morgan fingerprint density at radius 3 is 2.89 bits per heavy atom. The van der Waals surface area contributed by atoms with Crippen molar-refractivity contribution >= 4 is 11.8 Å². The molecule has 102 valence electrons. The molecule has 1 aromatic carbocycles. The van der Waals surface area contributed by atoms with Crippen LogP contribution in [0.2, 0.25) is 0 Å². The van der Waals surface area contributed by atoms with E-state index >= 15 is 0 Å². The van der Waals surface area contributed by atoms with Gasteiger partial charge in [0.1, 0.15) is 5.75 Å². The molecule has 1 saturated heterocycles. The number of hydrogen-bond acceptors (Lipinski definition) is 3. The van der Waals surface area contributed by atoms with Crippen LogP contribution in [0.3, 0.4) is 0 Å². The lowest BCUT2D eigenvalue weighted by Crippen LogP contribution is -2.34. The molecule has 5 heteroatoms. The third-order valence-electron chi connectivity index (χ3n) is 3.20. The zero-order valence-corrected chi connectivity index (χ0v) is 11.2. The molecule has 2 amide bonds. The number of nitrogens with one attached hydrogen (secondary N) is 1. The first kappa shape index (κ1) is 13.4. The second-order valence-corrected chi connectivity index (χ2v) is 4.66. The molecule has 0 atom stereocenters. The highest BCUT2D eigenvalue weighted by Crippen LogP contribution is 2.21. The van der Waals surface area contributed by atoms with Gasteiger partial charge in [0.05, 0.1) is 13.7 Å². The molecule has 19 heavy (non-hydrogen) atoms. The van der Waals surface area contributed by atoms with E-state index in [-0.39, 0.29) is 18.4 Å². The summed E-state index contributed by atoms with van der Waals surface area (Å²) in [6, 6.07) is 5.88. The van der Waals surface area contributed by atoms with E-state index in [1.165, 1.54) is 0 Å². The van der Waals surface area contributed by atoms with Crippen molar-refractivity contribution in [2.24, 2.45) is 0 Å². The molecule has 2 rings (SSSR count). The summed E-state index contributed by atoms with van der Waals surface area (Å²) in [5.41, 5.74) is 2.08. The van der Waals surface area contributed by atoms with E-state index in [9.17, 15) is 9.59 Å². The number of ether oxygens (including phenoxy) is 1. The van der Waals surface area contributed by atoms with Gasteiger partial charge in [0.25, 0.3) is 0 Å². The van der Waals surface area contributed by atoms with Crippen LogP contribution < -0.4 is 10.1 Å². The average Bonchev–Trinajstić information content (AvgIpc) is 2.54. The van der Waals surface area contributed by atoms with E-state index in [1.54, 1.807) is 12.0 Å². The van der Waals surface area contributed by atoms with Crippen molar-refractivity contribution in [3.63, 3.8) is 0 Å². The van der Waals surface area contributed by atoms with Crippen LogP contribution in [0.4, 0.5) is 0 Å². The van der Waals surface area contributed by atoms with Gasteiger partial charge in [0, 0.05) is 25.1 Å². The molecular formula is C14H18N2O3. The Bertz CT molecular complexity index is 499. The third kappa shape index (κ3) is 3.24. The first-order valence-corrected chi connectivity index (χ1v) is 6.28. The molecule has 0 aliphatic carbocycles. The van der Waals surface area contributed by atoms with Gasteiger partial charge in [-0.1, -0.05) is 17.7 Å². The van der Waals surface area contributed by atoms with Gasteiger partial charge in [-0.2, -0.15) is 0 Å². The summed E-state index contributed by atoms with van der Waals surface area (Å²) in [6.45, 7) is 2.99. The number of methoxy groups -OCH3 is 1. The summed E-state index contributed by atoms with van der Waals surface area (Å²) in [7, 11) is 1.61. The van der Waals surface area contributed by atoms with Crippen molar-refractivity contribution in [1.82, 2.24) is 10.2 Å². The first-order valence-electron chi connectivity index (χ1n) is 6.28. The minimum absolute atomic E-state index is 0.0607. The third-order valence-corrected chi connectivity index (χ3v) is 3.20. The molecule has 1 aromatic rings. The summed E-state index contributed by atoms with van der Waals surface area (Å²) in [6.07, 6.45) is 0.347. The smallest absolute Gasteiger partial charge is 0.242 e. The Kier molecular flexibility index (Phi) is 4.04. The Balaban J connectivity index is 2.17.